The molecule has 0 fully saturated rings. The van der Waals surface area contributed by atoms with Crippen LogP contribution < -0.4 is 0 Å². The lowest BCUT2D eigenvalue weighted by Crippen LogP contribution is -2.01. The van der Waals surface area contributed by atoms with Crippen molar-refractivity contribution in [1.29, 1.82) is 0 Å². The molecule has 0 heteroatoms. The molecule has 0 bridgehead atoms. The molecule has 1 aliphatic rings. The summed E-state index contributed by atoms with van der Waals surface area (Å²) in [5.74, 6) is 0.847. The van der Waals surface area contributed by atoms with Crippen molar-refractivity contribution in [1.82, 2.24) is 0 Å². The Balaban J connectivity index is 2.44. The first-order valence-electron chi connectivity index (χ1n) is 4.53. The molecular formula is C10H18. The van der Waals surface area contributed by atoms with Gasteiger partial charge in [0.2, 0.25) is 0 Å². The van der Waals surface area contributed by atoms with Gasteiger partial charge in [0, 0.05) is 0 Å². The molecule has 0 saturated carbocycles. The van der Waals surface area contributed by atoms with E-state index in [4.69, 9.17) is 0 Å². The van der Waals surface area contributed by atoms with E-state index in [0.29, 0.717) is 0 Å². The summed E-state index contributed by atoms with van der Waals surface area (Å²) in [5.41, 5.74) is 1.72. The third kappa shape index (κ3) is 1.86. The Hall–Kier alpha value is -0.260. The van der Waals surface area contributed by atoms with E-state index in [1.807, 2.05) is 0 Å². The standard InChI is InChI=1S/C10H18/c1-3-9(2)10-7-5-4-6-8-10/h7,9H,3-6,8H2,1-2H3. The summed E-state index contributed by atoms with van der Waals surface area (Å²) < 4.78 is 0. The van der Waals surface area contributed by atoms with E-state index < -0.39 is 0 Å². The summed E-state index contributed by atoms with van der Waals surface area (Å²) in [4.78, 5) is 0. The molecule has 0 saturated heterocycles. The molecular weight excluding hydrogens is 120 g/mol. The number of rotatable bonds is 2. The van der Waals surface area contributed by atoms with E-state index in [-0.39, 0.29) is 0 Å². The first-order valence-corrected chi connectivity index (χ1v) is 4.53. The van der Waals surface area contributed by atoms with Crippen LogP contribution in [0, 0.1) is 5.92 Å². The second-order valence-corrected chi connectivity index (χ2v) is 3.33. The first kappa shape index (κ1) is 7.84. The third-order valence-electron chi connectivity index (χ3n) is 2.57. The zero-order valence-corrected chi connectivity index (χ0v) is 7.19. The predicted molar refractivity (Wildman–Crippen MR) is 46.0 cm³/mol. The van der Waals surface area contributed by atoms with Crippen LogP contribution in [0.25, 0.3) is 0 Å². The normalized spacial score (nSPS) is 22.0. The van der Waals surface area contributed by atoms with Crippen LogP contribution in [0.15, 0.2) is 11.6 Å². The highest BCUT2D eigenvalue weighted by atomic mass is 14.1. The van der Waals surface area contributed by atoms with Gasteiger partial charge in [0.1, 0.15) is 0 Å². The highest BCUT2D eigenvalue weighted by Gasteiger charge is 2.08. The Morgan fingerprint density at radius 1 is 1.50 bits per heavy atom. The molecule has 58 valence electrons. The third-order valence-corrected chi connectivity index (χ3v) is 2.57. The van der Waals surface area contributed by atoms with Crippen molar-refractivity contribution in [2.75, 3.05) is 0 Å². The van der Waals surface area contributed by atoms with Crippen LogP contribution in [0.5, 0.6) is 0 Å². The maximum atomic E-state index is 2.46. The molecule has 1 rings (SSSR count). The summed E-state index contributed by atoms with van der Waals surface area (Å²) >= 11 is 0. The largest absolute Gasteiger partial charge is 0.0851 e. The molecule has 0 aromatic carbocycles. The Morgan fingerprint density at radius 3 is 2.80 bits per heavy atom. The summed E-state index contributed by atoms with van der Waals surface area (Å²) in [7, 11) is 0. The quantitative estimate of drug-likeness (QED) is 0.512. The van der Waals surface area contributed by atoms with Crippen molar-refractivity contribution < 1.29 is 0 Å². The molecule has 0 N–H and O–H groups in total. The highest BCUT2D eigenvalue weighted by Crippen LogP contribution is 2.25. The molecule has 1 atom stereocenters. The molecule has 1 unspecified atom stereocenters. The Bertz CT molecular complexity index is 122. The molecule has 0 heterocycles. The van der Waals surface area contributed by atoms with Crippen LogP contribution >= 0.6 is 0 Å². The maximum absolute atomic E-state index is 2.46. The lowest BCUT2D eigenvalue weighted by Gasteiger charge is -2.17. The monoisotopic (exact) mass is 138 g/mol. The molecule has 0 spiro atoms. The van der Waals surface area contributed by atoms with Gasteiger partial charge in [-0.2, -0.15) is 0 Å². The fourth-order valence-electron chi connectivity index (χ4n) is 1.57. The van der Waals surface area contributed by atoms with Gasteiger partial charge in [-0.25, -0.2) is 0 Å². The summed E-state index contributed by atoms with van der Waals surface area (Å²) in [6.07, 6.45) is 9.31. The van der Waals surface area contributed by atoms with Crippen LogP contribution in [0.2, 0.25) is 0 Å². The maximum Gasteiger partial charge on any atom is -0.0234 e. The Labute approximate surface area is 64.3 Å². The average molecular weight is 138 g/mol. The summed E-state index contributed by atoms with van der Waals surface area (Å²) in [6.45, 7) is 4.62. The minimum Gasteiger partial charge on any atom is -0.0851 e. The van der Waals surface area contributed by atoms with Gasteiger partial charge in [0.05, 0.1) is 0 Å². The van der Waals surface area contributed by atoms with E-state index >= 15 is 0 Å². The smallest absolute Gasteiger partial charge is 0.0234 e. The van der Waals surface area contributed by atoms with Crippen molar-refractivity contribution >= 4 is 0 Å². The van der Waals surface area contributed by atoms with E-state index in [1.165, 1.54) is 32.1 Å². The summed E-state index contributed by atoms with van der Waals surface area (Å²) in [5, 5.41) is 0. The lowest BCUT2D eigenvalue weighted by atomic mass is 9.89. The Morgan fingerprint density at radius 2 is 2.30 bits per heavy atom. The molecule has 10 heavy (non-hydrogen) atoms. The number of allylic oxidation sites excluding steroid dienone is 2. The molecule has 0 amide bonds. The van der Waals surface area contributed by atoms with Crippen LogP contribution in [0.3, 0.4) is 0 Å². The lowest BCUT2D eigenvalue weighted by molar-refractivity contribution is 0.573. The zero-order valence-electron chi connectivity index (χ0n) is 7.19. The summed E-state index contributed by atoms with van der Waals surface area (Å²) in [6, 6.07) is 0. The van der Waals surface area contributed by atoms with Crippen LogP contribution in [0.1, 0.15) is 46.0 Å². The van der Waals surface area contributed by atoms with Crippen LogP contribution in [0.4, 0.5) is 0 Å². The van der Waals surface area contributed by atoms with Gasteiger partial charge in [-0.15, -0.1) is 0 Å². The van der Waals surface area contributed by atoms with Gasteiger partial charge in [0.15, 0.2) is 0 Å². The fourth-order valence-corrected chi connectivity index (χ4v) is 1.57. The van der Waals surface area contributed by atoms with Crippen molar-refractivity contribution in [3.05, 3.63) is 11.6 Å². The van der Waals surface area contributed by atoms with Gasteiger partial charge in [-0.05, 0) is 38.0 Å². The van der Waals surface area contributed by atoms with Gasteiger partial charge in [0.25, 0.3) is 0 Å². The minimum absolute atomic E-state index is 0.847. The topological polar surface area (TPSA) is 0 Å². The number of hydrogen-bond acceptors (Lipinski definition) is 0. The van der Waals surface area contributed by atoms with Crippen molar-refractivity contribution in [3.63, 3.8) is 0 Å². The zero-order chi connectivity index (χ0) is 7.40. The molecule has 0 aromatic heterocycles. The van der Waals surface area contributed by atoms with E-state index in [0.717, 1.165) is 5.92 Å². The SMILES string of the molecule is CCC(C)C1=CCCCC1. The second kappa shape index (κ2) is 3.80. The van der Waals surface area contributed by atoms with E-state index in [2.05, 4.69) is 19.9 Å². The Kier molecular flexibility index (Phi) is 2.98. The van der Waals surface area contributed by atoms with Crippen molar-refractivity contribution in [3.8, 4) is 0 Å². The molecule has 1 aliphatic carbocycles. The fraction of sp³-hybridized carbons (Fsp3) is 0.800. The average Bonchev–Trinajstić information content (AvgIpc) is 2.05. The molecule has 0 aromatic rings. The van der Waals surface area contributed by atoms with Gasteiger partial charge >= 0.3 is 0 Å². The highest BCUT2D eigenvalue weighted by molar-refractivity contribution is 5.07. The van der Waals surface area contributed by atoms with Crippen molar-refractivity contribution in [2.24, 2.45) is 5.92 Å². The molecule has 0 nitrogen and oxygen atoms in total. The predicted octanol–water partition coefficient (Wildman–Crippen LogP) is 3.53. The van der Waals surface area contributed by atoms with Gasteiger partial charge in [-0.1, -0.05) is 25.5 Å². The minimum atomic E-state index is 0.847. The van der Waals surface area contributed by atoms with Gasteiger partial charge < -0.3 is 0 Å². The van der Waals surface area contributed by atoms with Crippen molar-refractivity contribution in [2.45, 2.75) is 46.0 Å². The van der Waals surface area contributed by atoms with E-state index in [1.54, 1.807) is 5.57 Å². The van der Waals surface area contributed by atoms with Gasteiger partial charge in [-0.3, -0.25) is 0 Å². The van der Waals surface area contributed by atoms with Crippen LogP contribution in [-0.2, 0) is 0 Å². The number of hydrogen-bond donors (Lipinski definition) is 0. The first-order chi connectivity index (χ1) is 4.84. The van der Waals surface area contributed by atoms with E-state index in [9.17, 15) is 0 Å². The molecule has 0 aliphatic heterocycles. The second-order valence-electron chi connectivity index (χ2n) is 3.33. The molecule has 0 radical (unpaired) electrons. The van der Waals surface area contributed by atoms with Crippen LogP contribution in [-0.4, -0.2) is 0 Å².